The zero-order valence-corrected chi connectivity index (χ0v) is 13.0. The molecule has 0 atom stereocenters. The third-order valence-electron chi connectivity index (χ3n) is 4.57. The van der Waals surface area contributed by atoms with E-state index >= 15 is 0 Å². The summed E-state index contributed by atoms with van der Waals surface area (Å²) in [7, 11) is 0. The van der Waals surface area contributed by atoms with Crippen LogP contribution in [-0.4, -0.2) is 37.7 Å². The average molecular weight is 308 g/mol. The molecule has 1 aliphatic heterocycles. The van der Waals surface area contributed by atoms with Crippen LogP contribution in [0.25, 0.3) is 11.0 Å². The van der Waals surface area contributed by atoms with Crippen LogP contribution in [0.1, 0.15) is 24.4 Å². The average Bonchev–Trinajstić information content (AvgIpc) is 3.02. The summed E-state index contributed by atoms with van der Waals surface area (Å²) in [6.07, 6.45) is 5.45. The lowest BCUT2D eigenvalue weighted by Gasteiger charge is -2.32. The third kappa shape index (κ3) is 2.77. The maximum absolute atomic E-state index is 5.89. The third-order valence-corrected chi connectivity index (χ3v) is 4.57. The number of piperidine rings is 1. The smallest absolute Gasteiger partial charge is 0.163 e. The molecule has 1 aliphatic rings. The minimum Gasteiger partial charge on any atom is -0.383 e. The van der Waals surface area contributed by atoms with Crippen molar-refractivity contribution in [2.75, 3.05) is 18.8 Å². The van der Waals surface area contributed by atoms with Crippen LogP contribution in [0, 0.1) is 0 Å². The second-order valence-corrected chi connectivity index (χ2v) is 6.08. The molecule has 3 aromatic rings. The fraction of sp³-hybridized carbons (Fsp3) is 0.353. The van der Waals surface area contributed by atoms with Crippen LogP contribution in [0.15, 0.2) is 42.9 Å². The molecular formula is C17H20N6. The highest BCUT2D eigenvalue weighted by Crippen LogP contribution is 2.27. The Kier molecular flexibility index (Phi) is 3.67. The number of fused-ring (bicyclic) bond motifs is 1. The highest BCUT2D eigenvalue weighted by molar-refractivity contribution is 5.84. The van der Waals surface area contributed by atoms with Gasteiger partial charge in [0.05, 0.1) is 17.6 Å². The molecule has 0 unspecified atom stereocenters. The van der Waals surface area contributed by atoms with E-state index in [1.54, 1.807) is 6.20 Å². The minimum atomic E-state index is 0.383. The molecule has 23 heavy (non-hydrogen) atoms. The Hall–Kier alpha value is -2.47. The zero-order chi connectivity index (χ0) is 15.6. The quantitative estimate of drug-likeness (QED) is 0.803. The maximum Gasteiger partial charge on any atom is 0.163 e. The van der Waals surface area contributed by atoms with E-state index in [1.165, 1.54) is 11.9 Å². The first kappa shape index (κ1) is 14.1. The predicted molar refractivity (Wildman–Crippen MR) is 89.7 cm³/mol. The molecule has 1 saturated heterocycles. The van der Waals surface area contributed by atoms with Crippen LogP contribution in [0.2, 0.25) is 0 Å². The SMILES string of the molecule is Nc1ncnc2c1cnn2C1CCN(Cc2ccccc2)CC1. The van der Waals surface area contributed by atoms with Gasteiger partial charge < -0.3 is 5.73 Å². The fourth-order valence-corrected chi connectivity index (χ4v) is 3.31. The lowest BCUT2D eigenvalue weighted by Crippen LogP contribution is -2.34. The van der Waals surface area contributed by atoms with Gasteiger partial charge in [0.25, 0.3) is 0 Å². The van der Waals surface area contributed by atoms with Gasteiger partial charge >= 0.3 is 0 Å². The summed E-state index contributed by atoms with van der Waals surface area (Å²) in [6, 6.07) is 11.0. The second kappa shape index (κ2) is 5.96. The largest absolute Gasteiger partial charge is 0.383 e. The molecule has 1 aromatic carbocycles. The Labute approximate surface area is 135 Å². The number of anilines is 1. The van der Waals surface area contributed by atoms with Gasteiger partial charge in [-0.25, -0.2) is 14.6 Å². The van der Waals surface area contributed by atoms with Crippen molar-refractivity contribution in [1.82, 2.24) is 24.6 Å². The van der Waals surface area contributed by atoms with Crippen LogP contribution in [0.5, 0.6) is 0 Å². The van der Waals surface area contributed by atoms with Gasteiger partial charge in [-0.1, -0.05) is 30.3 Å². The summed E-state index contributed by atoms with van der Waals surface area (Å²) < 4.78 is 2.02. The highest BCUT2D eigenvalue weighted by atomic mass is 15.3. The Bertz CT molecular complexity index is 789. The number of rotatable bonds is 3. The van der Waals surface area contributed by atoms with E-state index in [1.807, 2.05) is 4.68 Å². The van der Waals surface area contributed by atoms with E-state index in [-0.39, 0.29) is 0 Å². The molecular weight excluding hydrogens is 288 g/mol. The summed E-state index contributed by atoms with van der Waals surface area (Å²) >= 11 is 0. The standard InChI is InChI=1S/C17H20N6/c18-16-15-10-21-23(17(15)20-12-19-16)14-6-8-22(9-7-14)11-13-4-2-1-3-5-13/h1-5,10,12,14H,6-9,11H2,(H2,18,19,20). The molecule has 3 heterocycles. The Morgan fingerprint density at radius 1 is 1.09 bits per heavy atom. The molecule has 4 rings (SSSR count). The monoisotopic (exact) mass is 308 g/mol. The summed E-state index contributed by atoms with van der Waals surface area (Å²) in [5.41, 5.74) is 8.11. The van der Waals surface area contributed by atoms with Gasteiger partial charge in [-0.05, 0) is 18.4 Å². The lowest BCUT2D eigenvalue weighted by atomic mass is 10.0. The van der Waals surface area contributed by atoms with Crippen molar-refractivity contribution in [2.45, 2.75) is 25.4 Å². The van der Waals surface area contributed by atoms with Gasteiger partial charge in [-0.15, -0.1) is 0 Å². The molecule has 0 saturated carbocycles. The number of hydrogen-bond acceptors (Lipinski definition) is 5. The van der Waals surface area contributed by atoms with Crippen molar-refractivity contribution in [3.63, 3.8) is 0 Å². The summed E-state index contributed by atoms with van der Waals surface area (Å²) in [5.74, 6) is 0.503. The number of nitrogens with two attached hydrogens (primary N) is 1. The van der Waals surface area contributed by atoms with Gasteiger partial charge in [0, 0.05) is 19.6 Å². The molecule has 0 bridgehead atoms. The van der Waals surface area contributed by atoms with Crippen molar-refractivity contribution in [3.8, 4) is 0 Å². The number of benzene rings is 1. The number of aromatic nitrogens is 4. The van der Waals surface area contributed by atoms with Crippen LogP contribution in [0.3, 0.4) is 0 Å². The van der Waals surface area contributed by atoms with Crippen molar-refractivity contribution >= 4 is 16.9 Å². The minimum absolute atomic E-state index is 0.383. The van der Waals surface area contributed by atoms with E-state index in [0.29, 0.717) is 11.9 Å². The summed E-state index contributed by atoms with van der Waals surface area (Å²) in [6.45, 7) is 3.16. The maximum atomic E-state index is 5.89. The second-order valence-electron chi connectivity index (χ2n) is 6.08. The van der Waals surface area contributed by atoms with Gasteiger partial charge in [0.2, 0.25) is 0 Å². The molecule has 0 amide bonds. The Balaban J connectivity index is 1.46. The molecule has 0 radical (unpaired) electrons. The molecule has 0 aliphatic carbocycles. The van der Waals surface area contributed by atoms with Crippen LogP contribution < -0.4 is 5.73 Å². The molecule has 118 valence electrons. The number of nitrogens with zero attached hydrogens (tertiary/aromatic N) is 5. The topological polar surface area (TPSA) is 72.9 Å². The van der Waals surface area contributed by atoms with Crippen molar-refractivity contribution in [3.05, 3.63) is 48.4 Å². The Morgan fingerprint density at radius 3 is 2.65 bits per heavy atom. The number of nitrogen functional groups attached to an aromatic ring is 1. The van der Waals surface area contributed by atoms with Crippen LogP contribution >= 0.6 is 0 Å². The van der Waals surface area contributed by atoms with Crippen LogP contribution in [-0.2, 0) is 6.54 Å². The van der Waals surface area contributed by atoms with E-state index in [4.69, 9.17) is 5.73 Å². The van der Waals surface area contributed by atoms with E-state index in [2.05, 4.69) is 50.3 Å². The highest BCUT2D eigenvalue weighted by Gasteiger charge is 2.23. The van der Waals surface area contributed by atoms with Gasteiger partial charge in [0.1, 0.15) is 12.1 Å². The molecule has 6 nitrogen and oxygen atoms in total. The zero-order valence-electron chi connectivity index (χ0n) is 13.0. The fourth-order valence-electron chi connectivity index (χ4n) is 3.31. The summed E-state index contributed by atoms with van der Waals surface area (Å²) in [4.78, 5) is 10.9. The first-order chi connectivity index (χ1) is 11.3. The molecule has 0 spiro atoms. The first-order valence-electron chi connectivity index (χ1n) is 8.01. The van der Waals surface area contributed by atoms with Crippen molar-refractivity contribution in [2.24, 2.45) is 0 Å². The molecule has 6 heteroatoms. The van der Waals surface area contributed by atoms with Crippen molar-refractivity contribution in [1.29, 1.82) is 0 Å². The van der Waals surface area contributed by atoms with Gasteiger partial charge in [-0.3, -0.25) is 4.90 Å². The molecule has 1 fully saturated rings. The van der Waals surface area contributed by atoms with Gasteiger partial charge in [0.15, 0.2) is 5.65 Å². The first-order valence-corrected chi connectivity index (χ1v) is 8.01. The molecule has 2 aromatic heterocycles. The van der Waals surface area contributed by atoms with Gasteiger partial charge in [-0.2, -0.15) is 5.10 Å². The number of hydrogen-bond donors (Lipinski definition) is 1. The Morgan fingerprint density at radius 2 is 1.87 bits per heavy atom. The van der Waals surface area contributed by atoms with E-state index < -0.39 is 0 Å². The van der Waals surface area contributed by atoms with E-state index in [9.17, 15) is 0 Å². The van der Waals surface area contributed by atoms with Crippen molar-refractivity contribution < 1.29 is 0 Å². The normalized spacial score (nSPS) is 16.9. The molecule has 2 N–H and O–H groups in total. The number of likely N-dealkylation sites (tertiary alicyclic amines) is 1. The van der Waals surface area contributed by atoms with E-state index in [0.717, 1.165) is 43.5 Å². The predicted octanol–water partition coefficient (Wildman–Crippen LogP) is 2.25. The lowest BCUT2D eigenvalue weighted by molar-refractivity contribution is 0.175. The summed E-state index contributed by atoms with van der Waals surface area (Å²) in [5, 5.41) is 5.35. The van der Waals surface area contributed by atoms with Crippen LogP contribution in [0.4, 0.5) is 5.82 Å².